The quantitative estimate of drug-likeness (QED) is 0.410. The molecular formula is C25H18ClNO6S. The molecule has 172 valence electrons. The van der Waals surface area contributed by atoms with Gasteiger partial charge < -0.3 is 14.6 Å². The number of carbonyl (C=O) groups excluding carboxylic acids is 2. The molecule has 0 aliphatic carbocycles. The second kappa shape index (κ2) is 10.0. The maximum atomic E-state index is 12.9. The lowest BCUT2D eigenvalue weighted by atomic mass is 10.1. The van der Waals surface area contributed by atoms with E-state index in [1.165, 1.54) is 13.2 Å². The van der Waals surface area contributed by atoms with Gasteiger partial charge in [0.15, 0.2) is 11.5 Å². The van der Waals surface area contributed by atoms with Crippen LogP contribution in [0.1, 0.15) is 21.5 Å². The number of imide groups is 1. The molecule has 0 radical (unpaired) electrons. The van der Waals surface area contributed by atoms with Gasteiger partial charge in [0.05, 0.1) is 23.3 Å². The van der Waals surface area contributed by atoms with Crippen molar-refractivity contribution in [3.05, 3.63) is 93.3 Å². The van der Waals surface area contributed by atoms with Crippen molar-refractivity contribution in [2.45, 2.75) is 6.61 Å². The number of hydrogen-bond donors (Lipinski definition) is 1. The van der Waals surface area contributed by atoms with E-state index in [0.29, 0.717) is 33.3 Å². The average Bonchev–Trinajstić information content (AvgIpc) is 3.10. The Morgan fingerprint density at radius 3 is 2.59 bits per heavy atom. The Bertz CT molecular complexity index is 1320. The molecule has 1 N–H and O–H groups in total. The van der Waals surface area contributed by atoms with Crippen LogP contribution in [-0.2, 0) is 11.4 Å². The maximum Gasteiger partial charge on any atom is 0.335 e. The predicted molar refractivity (Wildman–Crippen MR) is 131 cm³/mol. The molecule has 34 heavy (non-hydrogen) atoms. The lowest BCUT2D eigenvalue weighted by Gasteiger charge is -2.13. The number of thioether (sulfide) groups is 1. The van der Waals surface area contributed by atoms with Crippen LogP contribution in [0.2, 0.25) is 5.02 Å². The molecule has 0 spiro atoms. The highest BCUT2D eigenvalue weighted by Gasteiger charge is 2.36. The fourth-order valence-electron chi connectivity index (χ4n) is 3.31. The summed E-state index contributed by atoms with van der Waals surface area (Å²) < 4.78 is 11.2. The lowest BCUT2D eigenvalue weighted by Crippen LogP contribution is -2.27. The molecule has 1 fully saturated rings. The molecule has 0 aromatic heterocycles. The molecule has 2 amide bonds. The van der Waals surface area contributed by atoms with Gasteiger partial charge in [-0.25, -0.2) is 9.69 Å². The van der Waals surface area contributed by atoms with Crippen LogP contribution < -0.4 is 14.4 Å². The van der Waals surface area contributed by atoms with Crippen LogP contribution >= 0.6 is 23.4 Å². The zero-order valence-electron chi connectivity index (χ0n) is 17.9. The molecule has 1 heterocycles. The molecule has 1 aliphatic heterocycles. The van der Waals surface area contributed by atoms with Gasteiger partial charge in [-0.2, -0.15) is 0 Å². The number of carboxylic acids is 1. The number of nitrogens with zero attached hydrogens (tertiary/aromatic N) is 1. The molecular weight excluding hydrogens is 478 g/mol. The summed E-state index contributed by atoms with van der Waals surface area (Å²) in [4.78, 5) is 37.8. The van der Waals surface area contributed by atoms with Gasteiger partial charge in [0.1, 0.15) is 6.61 Å². The third-order valence-electron chi connectivity index (χ3n) is 4.91. The summed E-state index contributed by atoms with van der Waals surface area (Å²) in [7, 11) is 1.49. The van der Waals surface area contributed by atoms with Gasteiger partial charge in [-0.05, 0) is 71.4 Å². The fraction of sp³-hybridized carbons (Fsp3) is 0.0800. The highest BCUT2D eigenvalue weighted by atomic mass is 35.5. The van der Waals surface area contributed by atoms with Crippen molar-refractivity contribution in [2.75, 3.05) is 12.0 Å². The van der Waals surface area contributed by atoms with E-state index in [-0.39, 0.29) is 17.1 Å². The van der Waals surface area contributed by atoms with Gasteiger partial charge in [0.25, 0.3) is 11.1 Å². The molecule has 0 bridgehead atoms. The molecule has 1 aliphatic rings. The average molecular weight is 496 g/mol. The SMILES string of the molecule is COc1cc(/C=C2/SC(=O)N(c3cccc(Cl)c3)C2=O)ccc1OCc1cccc(C(=O)O)c1. The van der Waals surface area contributed by atoms with Crippen molar-refractivity contribution in [1.82, 2.24) is 0 Å². The number of carboxylic acid groups (broad SMARTS) is 1. The van der Waals surface area contributed by atoms with Crippen molar-refractivity contribution in [3.8, 4) is 11.5 Å². The zero-order valence-corrected chi connectivity index (χ0v) is 19.4. The van der Waals surface area contributed by atoms with E-state index in [9.17, 15) is 14.4 Å². The Morgan fingerprint density at radius 1 is 1.06 bits per heavy atom. The Labute approximate surface area is 204 Å². The maximum absolute atomic E-state index is 12.9. The van der Waals surface area contributed by atoms with Gasteiger partial charge in [0, 0.05) is 5.02 Å². The van der Waals surface area contributed by atoms with E-state index < -0.39 is 17.1 Å². The Hall–Kier alpha value is -3.75. The Balaban J connectivity index is 1.52. The third kappa shape index (κ3) is 5.08. The number of benzene rings is 3. The standard InChI is InChI=1S/C25H18ClNO6S/c1-32-21-11-15(8-9-20(21)33-14-16-4-2-5-17(10-16)24(29)30)12-22-23(28)27(25(31)34-22)19-7-3-6-18(26)13-19/h2-13H,14H2,1H3,(H,29,30)/b22-12+. The van der Waals surface area contributed by atoms with Gasteiger partial charge in [-0.15, -0.1) is 0 Å². The predicted octanol–water partition coefficient (Wildman–Crippen LogP) is 5.87. The van der Waals surface area contributed by atoms with Crippen LogP contribution in [0.5, 0.6) is 11.5 Å². The smallest absolute Gasteiger partial charge is 0.335 e. The van der Waals surface area contributed by atoms with E-state index in [2.05, 4.69) is 0 Å². The van der Waals surface area contributed by atoms with Gasteiger partial charge in [-0.3, -0.25) is 9.59 Å². The van der Waals surface area contributed by atoms with Crippen molar-refractivity contribution in [3.63, 3.8) is 0 Å². The van der Waals surface area contributed by atoms with Crippen LogP contribution in [-0.4, -0.2) is 29.3 Å². The number of hydrogen-bond acceptors (Lipinski definition) is 6. The molecule has 9 heteroatoms. The van der Waals surface area contributed by atoms with Crippen molar-refractivity contribution < 1.29 is 29.0 Å². The minimum absolute atomic E-state index is 0.148. The number of rotatable bonds is 7. The molecule has 3 aromatic carbocycles. The summed E-state index contributed by atoms with van der Waals surface area (Å²) >= 11 is 6.84. The fourth-order valence-corrected chi connectivity index (χ4v) is 4.33. The summed E-state index contributed by atoms with van der Waals surface area (Å²) in [6.45, 7) is 0.148. The van der Waals surface area contributed by atoms with Crippen LogP contribution in [0.15, 0.2) is 71.6 Å². The summed E-state index contributed by atoms with van der Waals surface area (Å²) in [5.74, 6) is -0.567. The zero-order chi connectivity index (χ0) is 24.2. The van der Waals surface area contributed by atoms with Crippen LogP contribution in [0.4, 0.5) is 10.5 Å². The van der Waals surface area contributed by atoms with Crippen molar-refractivity contribution in [1.29, 1.82) is 0 Å². The van der Waals surface area contributed by atoms with E-state index >= 15 is 0 Å². The number of halogens is 1. The second-order valence-electron chi connectivity index (χ2n) is 7.20. The summed E-state index contributed by atoms with van der Waals surface area (Å²) in [5.41, 5.74) is 1.93. The summed E-state index contributed by atoms with van der Waals surface area (Å²) in [6.07, 6.45) is 1.61. The number of ether oxygens (including phenoxy) is 2. The monoisotopic (exact) mass is 495 g/mol. The van der Waals surface area contributed by atoms with Gasteiger partial charge in [0.2, 0.25) is 0 Å². The van der Waals surface area contributed by atoms with Crippen molar-refractivity contribution >= 4 is 52.2 Å². The number of amides is 2. The molecule has 4 rings (SSSR count). The molecule has 1 saturated heterocycles. The van der Waals surface area contributed by atoms with Crippen molar-refractivity contribution in [2.24, 2.45) is 0 Å². The number of carbonyl (C=O) groups is 3. The first-order valence-corrected chi connectivity index (χ1v) is 11.2. The minimum atomic E-state index is -1.01. The molecule has 0 saturated carbocycles. The topological polar surface area (TPSA) is 93.1 Å². The molecule has 3 aromatic rings. The van der Waals surface area contributed by atoms with E-state index in [0.717, 1.165) is 16.7 Å². The minimum Gasteiger partial charge on any atom is -0.493 e. The first kappa shape index (κ1) is 23.4. The normalized spacial score (nSPS) is 14.5. The second-order valence-corrected chi connectivity index (χ2v) is 8.63. The first-order valence-electron chi connectivity index (χ1n) is 10.0. The molecule has 7 nitrogen and oxygen atoms in total. The molecule has 0 unspecified atom stereocenters. The number of anilines is 1. The number of methoxy groups -OCH3 is 1. The lowest BCUT2D eigenvalue weighted by molar-refractivity contribution is -0.113. The van der Waals surface area contributed by atoms with Crippen LogP contribution in [0, 0.1) is 0 Å². The van der Waals surface area contributed by atoms with E-state index in [1.807, 2.05) is 0 Å². The summed E-state index contributed by atoms with van der Waals surface area (Å²) in [5, 5.41) is 9.15. The summed E-state index contributed by atoms with van der Waals surface area (Å²) in [6, 6.07) is 18.1. The number of aromatic carboxylic acids is 1. The van der Waals surface area contributed by atoms with Gasteiger partial charge >= 0.3 is 5.97 Å². The Kier molecular flexibility index (Phi) is 6.90. The highest BCUT2D eigenvalue weighted by molar-refractivity contribution is 8.19. The Morgan fingerprint density at radius 2 is 1.85 bits per heavy atom. The molecule has 0 atom stereocenters. The van der Waals surface area contributed by atoms with Gasteiger partial charge in [-0.1, -0.05) is 35.9 Å². The van der Waals surface area contributed by atoms with Crippen LogP contribution in [0.3, 0.4) is 0 Å². The van der Waals surface area contributed by atoms with E-state index in [4.69, 9.17) is 26.2 Å². The highest BCUT2D eigenvalue weighted by Crippen LogP contribution is 2.37. The van der Waals surface area contributed by atoms with Crippen LogP contribution in [0.25, 0.3) is 6.08 Å². The third-order valence-corrected chi connectivity index (χ3v) is 6.02. The first-order chi connectivity index (χ1) is 16.4. The van der Waals surface area contributed by atoms with E-state index in [1.54, 1.807) is 66.7 Å². The largest absolute Gasteiger partial charge is 0.493 e.